The van der Waals surface area contributed by atoms with Crippen LogP contribution in [0.5, 0.6) is 0 Å². The standard InChI is InChI=1S/C23H29N3O4S/c1-3-26(4-2)31(28,29)22-12-5-19(6-13-22)7-14-23(27)24-20-8-10-21(11-9-20)25-15-17-30-18-16-25/h5-14H,3-4,15-18H2,1-2H3,(H,24,27)/b14-7+. The SMILES string of the molecule is CCN(CC)S(=O)(=O)c1ccc(/C=C/C(=O)Nc2ccc(N3CCOCC3)cc2)cc1. The van der Waals surface area contributed by atoms with Crippen LogP contribution in [0.2, 0.25) is 0 Å². The molecule has 31 heavy (non-hydrogen) atoms. The van der Waals surface area contributed by atoms with Crippen molar-refractivity contribution in [1.29, 1.82) is 0 Å². The van der Waals surface area contributed by atoms with E-state index >= 15 is 0 Å². The number of rotatable bonds is 8. The number of hydrogen-bond donors (Lipinski definition) is 1. The molecular weight excluding hydrogens is 414 g/mol. The number of anilines is 2. The van der Waals surface area contributed by atoms with Gasteiger partial charge in [0.2, 0.25) is 15.9 Å². The van der Waals surface area contributed by atoms with Gasteiger partial charge in [-0.25, -0.2) is 8.42 Å². The minimum absolute atomic E-state index is 0.248. The van der Waals surface area contributed by atoms with Gasteiger partial charge in [0.15, 0.2) is 0 Å². The molecule has 1 amide bonds. The summed E-state index contributed by atoms with van der Waals surface area (Å²) in [6, 6.07) is 14.2. The number of ether oxygens (including phenoxy) is 1. The van der Waals surface area contributed by atoms with E-state index in [0.717, 1.165) is 37.6 Å². The monoisotopic (exact) mass is 443 g/mol. The van der Waals surface area contributed by atoms with E-state index in [0.29, 0.717) is 18.8 Å². The average molecular weight is 444 g/mol. The molecule has 0 atom stereocenters. The number of hydrogen-bond acceptors (Lipinski definition) is 5. The first-order valence-corrected chi connectivity index (χ1v) is 11.9. The summed E-state index contributed by atoms with van der Waals surface area (Å²) in [6.45, 7) is 7.66. The van der Waals surface area contributed by atoms with Crippen molar-refractivity contribution in [3.8, 4) is 0 Å². The van der Waals surface area contributed by atoms with Crippen LogP contribution in [0, 0.1) is 0 Å². The van der Waals surface area contributed by atoms with Crippen molar-refractivity contribution in [3.63, 3.8) is 0 Å². The lowest BCUT2D eigenvalue weighted by atomic mass is 10.2. The number of carbonyl (C=O) groups is 1. The van der Waals surface area contributed by atoms with Crippen molar-refractivity contribution >= 4 is 33.4 Å². The number of nitrogens with zero attached hydrogens (tertiary/aromatic N) is 2. The molecule has 1 fully saturated rings. The van der Waals surface area contributed by atoms with Crippen molar-refractivity contribution in [1.82, 2.24) is 4.31 Å². The lowest BCUT2D eigenvalue weighted by Crippen LogP contribution is -2.36. The lowest BCUT2D eigenvalue weighted by molar-refractivity contribution is -0.111. The maximum atomic E-state index is 12.5. The van der Waals surface area contributed by atoms with Crippen molar-refractivity contribution in [2.45, 2.75) is 18.7 Å². The minimum Gasteiger partial charge on any atom is -0.378 e. The topological polar surface area (TPSA) is 79.0 Å². The van der Waals surface area contributed by atoms with Gasteiger partial charge in [-0.1, -0.05) is 26.0 Å². The van der Waals surface area contributed by atoms with Crippen molar-refractivity contribution in [2.75, 3.05) is 49.6 Å². The molecule has 0 spiro atoms. The van der Waals surface area contributed by atoms with E-state index < -0.39 is 10.0 Å². The highest BCUT2D eigenvalue weighted by Gasteiger charge is 2.20. The normalized spacial score (nSPS) is 14.9. The molecule has 0 saturated carbocycles. The predicted molar refractivity (Wildman–Crippen MR) is 124 cm³/mol. The fourth-order valence-electron chi connectivity index (χ4n) is 3.40. The quantitative estimate of drug-likeness (QED) is 0.634. The van der Waals surface area contributed by atoms with Crippen LogP contribution in [0.15, 0.2) is 59.5 Å². The molecule has 2 aromatic rings. The zero-order chi connectivity index (χ0) is 22.3. The molecule has 2 aromatic carbocycles. The minimum atomic E-state index is -3.48. The van der Waals surface area contributed by atoms with Gasteiger partial charge in [0.1, 0.15) is 0 Å². The van der Waals surface area contributed by atoms with E-state index in [9.17, 15) is 13.2 Å². The summed E-state index contributed by atoms with van der Waals surface area (Å²) in [5.41, 5.74) is 2.57. The van der Waals surface area contributed by atoms with Crippen LogP contribution in [0.3, 0.4) is 0 Å². The third-order valence-corrected chi connectivity index (χ3v) is 7.23. The Labute approximate surface area is 184 Å². The Hall–Kier alpha value is -2.68. The van der Waals surface area contributed by atoms with Gasteiger partial charge >= 0.3 is 0 Å². The third kappa shape index (κ3) is 5.94. The number of benzene rings is 2. The van der Waals surface area contributed by atoms with Crippen LogP contribution in [-0.2, 0) is 19.6 Å². The van der Waals surface area contributed by atoms with E-state index in [1.54, 1.807) is 30.3 Å². The van der Waals surface area contributed by atoms with Crippen LogP contribution >= 0.6 is 0 Å². The molecule has 8 heteroatoms. The number of sulfonamides is 1. The van der Waals surface area contributed by atoms with E-state index in [4.69, 9.17) is 4.74 Å². The summed E-state index contributed by atoms with van der Waals surface area (Å²) in [5.74, 6) is -0.251. The smallest absolute Gasteiger partial charge is 0.248 e. The summed E-state index contributed by atoms with van der Waals surface area (Å²) >= 11 is 0. The van der Waals surface area contributed by atoms with E-state index in [1.165, 1.54) is 10.4 Å². The first kappa shape index (κ1) is 23.0. The van der Waals surface area contributed by atoms with Crippen molar-refractivity contribution in [2.24, 2.45) is 0 Å². The van der Waals surface area contributed by atoms with Crippen LogP contribution in [-0.4, -0.2) is 58.0 Å². The summed E-state index contributed by atoms with van der Waals surface area (Å²) in [5, 5.41) is 2.84. The average Bonchev–Trinajstić information content (AvgIpc) is 2.80. The van der Waals surface area contributed by atoms with Crippen molar-refractivity contribution in [3.05, 3.63) is 60.2 Å². The highest BCUT2D eigenvalue weighted by atomic mass is 32.2. The summed E-state index contributed by atoms with van der Waals surface area (Å²) in [7, 11) is -3.48. The summed E-state index contributed by atoms with van der Waals surface area (Å²) < 4.78 is 31.8. The van der Waals surface area contributed by atoms with Crippen LogP contribution in [0.25, 0.3) is 6.08 Å². The van der Waals surface area contributed by atoms with E-state index in [1.807, 2.05) is 38.1 Å². The van der Waals surface area contributed by atoms with Gasteiger partial charge in [0.05, 0.1) is 18.1 Å². The van der Waals surface area contributed by atoms with Crippen LogP contribution in [0.4, 0.5) is 11.4 Å². The number of amides is 1. The second-order valence-electron chi connectivity index (χ2n) is 7.13. The molecule has 1 aliphatic rings. The number of carbonyl (C=O) groups excluding carboxylic acids is 1. The largest absolute Gasteiger partial charge is 0.378 e. The molecule has 3 rings (SSSR count). The molecule has 166 valence electrons. The maximum Gasteiger partial charge on any atom is 0.248 e. The molecular formula is C23H29N3O4S. The van der Waals surface area contributed by atoms with Gasteiger partial charge in [-0.2, -0.15) is 4.31 Å². The molecule has 1 saturated heterocycles. The Morgan fingerprint density at radius 1 is 1.03 bits per heavy atom. The Morgan fingerprint density at radius 3 is 2.23 bits per heavy atom. The maximum absolute atomic E-state index is 12.5. The Bertz CT molecular complexity index is 992. The second-order valence-corrected chi connectivity index (χ2v) is 9.07. The lowest BCUT2D eigenvalue weighted by Gasteiger charge is -2.28. The molecule has 1 heterocycles. The first-order chi connectivity index (χ1) is 14.9. The van der Waals surface area contributed by atoms with Gasteiger partial charge in [-0.3, -0.25) is 4.79 Å². The van der Waals surface area contributed by atoms with Gasteiger partial charge in [0, 0.05) is 43.6 Å². The van der Waals surface area contributed by atoms with Gasteiger partial charge in [0.25, 0.3) is 0 Å². The fraction of sp³-hybridized carbons (Fsp3) is 0.348. The zero-order valence-electron chi connectivity index (χ0n) is 18.0. The molecule has 1 N–H and O–H groups in total. The van der Waals surface area contributed by atoms with Crippen LogP contribution < -0.4 is 10.2 Å². The Balaban J connectivity index is 1.58. The zero-order valence-corrected chi connectivity index (χ0v) is 18.8. The Morgan fingerprint density at radius 2 is 1.65 bits per heavy atom. The van der Waals surface area contributed by atoms with Crippen molar-refractivity contribution < 1.29 is 17.9 Å². The second kappa shape index (κ2) is 10.6. The predicted octanol–water partition coefficient (Wildman–Crippen LogP) is 3.21. The highest BCUT2D eigenvalue weighted by Crippen LogP contribution is 2.19. The van der Waals surface area contributed by atoms with Crippen LogP contribution in [0.1, 0.15) is 19.4 Å². The molecule has 7 nitrogen and oxygen atoms in total. The first-order valence-electron chi connectivity index (χ1n) is 10.5. The summed E-state index contributed by atoms with van der Waals surface area (Å²) in [6.07, 6.45) is 3.09. The van der Waals surface area contributed by atoms with E-state index in [-0.39, 0.29) is 10.8 Å². The van der Waals surface area contributed by atoms with E-state index in [2.05, 4.69) is 10.2 Å². The number of morpholine rings is 1. The highest BCUT2D eigenvalue weighted by molar-refractivity contribution is 7.89. The molecule has 0 radical (unpaired) electrons. The van der Waals surface area contributed by atoms with Gasteiger partial charge in [-0.15, -0.1) is 0 Å². The molecule has 0 unspecified atom stereocenters. The fourth-order valence-corrected chi connectivity index (χ4v) is 4.85. The molecule has 0 aliphatic carbocycles. The Kier molecular flexibility index (Phi) is 7.84. The molecule has 0 aromatic heterocycles. The van der Waals surface area contributed by atoms with Gasteiger partial charge < -0.3 is 15.0 Å². The molecule has 1 aliphatic heterocycles. The van der Waals surface area contributed by atoms with Gasteiger partial charge in [-0.05, 0) is 48.0 Å². The number of nitrogens with one attached hydrogen (secondary N) is 1. The molecule has 0 bridgehead atoms. The summed E-state index contributed by atoms with van der Waals surface area (Å²) in [4.78, 5) is 14.7. The third-order valence-electron chi connectivity index (χ3n) is 5.16.